The summed E-state index contributed by atoms with van der Waals surface area (Å²) in [5.41, 5.74) is 2.18. The van der Waals surface area contributed by atoms with Crippen LogP contribution in [0.25, 0.3) is 0 Å². The van der Waals surface area contributed by atoms with Gasteiger partial charge in [0.25, 0.3) is 5.91 Å². The molecule has 1 N–H and O–H groups in total. The van der Waals surface area contributed by atoms with Crippen molar-refractivity contribution in [2.75, 3.05) is 45.2 Å². The second-order valence-electron chi connectivity index (χ2n) is 8.50. The number of rotatable bonds is 7. The van der Waals surface area contributed by atoms with Crippen molar-refractivity contribution in [1.82, 2.24) is 19.6 Å². The molecule has 1 aromatic carbocycles. The maximum atomic E-state index is 12.9. The fourth-order valence-electron chi connectivity index (χ4n) is 4.23. The largest absolute Gasteiger partial charge is 0.497 e. The molecule has 0 radical (unpaired) electrons. The van der Waals surface area contributed by atoms with Gasteiger partial charge < -0.3 is 15.0 Å². The molecule has 0 aliphatic carbocycles. The molecule has 0 spiro atoms. The molecule has 2 fully saturated rings. The highest BCUT2D eigenvalue weighted by atomic mass is 16.5. The average Bonchev–Trinajstić information content (AvgIpc) is 3.09. The van der Waals surface area contributed by atoms with Crippen LogP contribution in [-0.2, 0) is 18.3 Å². The van der Waals surface area contributed by atoms with Crippen LogP contribution in [0, 0.1) is 5.92 Å². The summed E-state index contributed by atoms with van der Waals surface area (Å²) in [6.07, 6.45) is 5.73. The third-order valence-corrected chi connectivity index (χ3v) is 6.25. The van der Waals surface area contributed by atoms with Crippen molar-refractivity contribution >= 4 is 17.5 Å². The Bertz CT molecular complexity index is 912. The lowest BCUT2D eigenvalue weighted by molar-refractivity contribution is -0.136. The maximum absolute atomic E-state index is 12.9. The zero-order chi connectivity index (χ0) is 21.8. The van der Waals surface area contributed by atoms with Crippen LogP contribution >= 0.6 is 0 Å². The Morgan fingerprint density at radius 1 is 1.13 bits per heavy atom. The Balaban J connectivity index is 1.32. The molecule has 166 valence electrons. The zero-order valence-corrected chi connectivity index (χ0v) is 18.3. The first-order valence-electron chi connectivity index (χ1n) is 11.0. The second-order valence-corrected chi connectivity index (χ2v) is 8.50. The minimum absolute atomic E-state index is 0.147. The van der Waals surface area contributed by atoms with Crippen LogP contribution < -0.4 is 10.1 Å². The van der Waals surface area contributed by atoms with Crippen molar-refractivity contribution in [2.24, 2.45) is 13.0 Å². The molecule has 2 saturated heterocycles. The molecule has 4 rings (SSSR count). The summed E-state index contributed by atoms with van der Waals surface area (Å²) in [7, 11) is 3.46. The van der Waals surface area contributed by atoms with Gasteiger partial charge in [0, 0.05) is 32.0 Å². The number of piperidine rings is 1. The molecule has 2 amide bonds. The van der Waals surface area contributed by atoms with Crippen LogP contribution in [0.15, 0.2) is 30.5 Å². The first-order chi connectivity index (χ1) is 15.0. The van der Waals surface area contributed by atoms with Gasteiger partial charge in [0.1, 0.15) is 5.75 Å². The van der Waals surface area contributed by atoms with Crippen LogP contribution in [0.5, 0.6) is 5.75 Å². The SMILES string of the molecule is COc1ccc(NC(=O)c2cn(C)nc2CC2CCN(CC(=O)N3CCC3)CC2)cc1. The summed E-state index contributed by atoms with van der Waals surface area (Å²) >= 11 is 0. The molecule has 0 saturated carbocycles. The monoisotopic (exact) mass is 425 g/mol. The van der Waals surface area contributed by atoms with Crippen molar-refractivity contribution < 1.29 is 14.3 Å². The van der Waals surface area contributed by atoms with Gasteiger partial charge in [-0.3, -0.25) is 19.2 Å². The van der Waals surface area contributed by atoms with E-state index in [1.165, 1.54) is 0 Å². The first kappa shape index (κ1) is 21.4. The van der Waals surface area contributed by atoms with E-state index >= 15 is 0 Å². The standard InChI is InChI=1S/C23H31N5O3/c1-26-15-20(23(30)24-18-4-6-19(31-2)7-5-18)21(25-26)14-17-8-12-27(13-9-17)16-22(29)28-10-3-11-28/h4-7,15,17H,3,8-14,16H2,1-2H3,(H,24,30). The second kappa shape index (κ2) is 9.51. The number of hydrogen-bond donors (Lipinski definition) is 1. The van der Waals surface area contributed by atoms with Gasteiger partial charge in [-0.05, 0) is 69.0 Å². The number of hydrogen-bond acceptors (Lipinski definition) is 5. The highest BCUT2D eigenvalue weighted by Crippen LogP contribution is 2.24. The molecule has 0 unspecified atom stereocenters. The summed E-state index contributed by atoms with van der Waals surface area (Å²) in [5.74, 6) is 1.33. The van der Waals surface area contributed by atoms with Crippen molar-refractivity contribution in [1.29, 1.82) is 0 Å². The van der Waals surface area contributed by atoms with Crippen molar-refractivity contribution in [3.63, 3.8) is 0 Å². The molecule has 2 aliphatic rings. The van der Waals surface area contributed by atoms with Gasteiger partial charge in [-0.25, -0.2) is 0 Å². The lowest BCUT2D eigenvalue weighted by Gasteiger charge is -2.36. The predicted molar refractivity (Wildman–Crippen MR) is 118 cm³/mol. The molecule has 8 heteroatoms. The number of nitrogens with zero attached hydrogens (tertiary/aromatic N) is 4. The topological polar surface area (TPSA) is 79.7 Å². The smallest absolute Gasteiger partial charge is 0.259 e. The van der Waals surface area contributed by atoms with E-state index in [4.69, 9.17) is 4.74 Å². The van der Waals surface area contributed by atoms with Crippen LogP contribution in [0.3, 0.4) is 0 Å². The number of benzene rings is 1. The summed E-state index contributed by atoms with van der Waals surface area (Å²) in [6, 6.07) is 7.29. The summed E-state index contributed by atoms with van der Waals surface area (Å²) < 4.78 is 6.87. The molecule has 0 atom stereocenters. The molecular formula is C23H31N5O3. The van der Waals surface area contributed by atoms with Crippen molar-refractivity contribution in [2.45, 2.75) is 25.7 Å². The van der Waals surface area contributed by atoms with Gasteiger partial charge in [0.05, 0.1) is 24.9 Å². The normalized spacial score (nSPS) is 17.3. The van der Waals surface area contributed by atoms with E-state index in [0.717, 1.165) is 69.0 Å². The van der Waals surface area contributed by atoms with Crippen LogP contribution in [0.2, 0.25) is 0 Å². The quantitative estimate of drug-likeness (QED) is 0.736. The predicted octanol–water partition coefficient (Wildman–Crippen LogP) is 2.17. The van der Waals surface area contributed by atoms with Gasteiger partial charge >= 0.3 is 0 Å². The van der Waals surface area contributed by atoms with Gasteiger partial charge in [-0.15, -0.1) is 0 Å². The Morgan fingerprint density at radius 3 is 2.45 bits per heavy atom. The molecule has 2 aliphatic heterocycles. The Labute approximate surface area is 183 Å². The summed E-state index contributed by atoms with van der Waals surface area (Å²) in [4.78, 5) is 29.3. The number of carbonyl (C=O) groups is 2. The number of aryl methyl sites for hydroxylation is 1. The maximum Gasteiger partial charge on any atom is 0.259 e. The molecular weight excluding hydrogens is 394 g/mol. The summed E-state index contributed by atoms with van der Waals surface area (Å²) in [5, 5.41) is 7.52. The van der Waals surface area contributed by atoms with Crippen LogP contribution in [0.4, 0.5) is 5.69 Å². The lowest BCUT2D eigenvalue weighted by Crippen LogP contribution is -2.48. The number of anilines is 1. The van der Waals surface area contributed by atoms with E-state index < -0.39 is 0 Å². The van der Waals surface area contributed by atoms with Gasteiger partial charge in [0.15, 0.2) is 0 Å². The van der Waals surface area contributed by atoms with Crippen molar-refractivity contribution in [3.05, 3.63) is 41.7 Å². The Morgan fingerprint density at radius 2 is 1.84 bits per heavy atom. The average molecular weight is 426 g/mol. The van der Waals surface area contributed by atoms with Crippen LogP contribution in [-0.4, -0.2) is 71.2 Å². The van der Waals surface area contributed by atoms with E-state index in [-0.39, 0.29) is 11.8 Å². The van der Waals surface area contributed by atoms with E-state index in [2.05, 4.69) is 15.3 Å². The van der Waals surface area contributed by atoms with E-state index in [1.54, 1.807) is 18.0 Å². The number of aromatic nitrogens is 2. The Kier molecular flexibility index (Phi) is 6.56. The first-order valence-corrected chi connectivity index (χ1v) is 11.0. The number of likely N-dealkylation sites (tertiary alicyclic amines) is 2. The lowest BCUT2D eigenvalue weighted by atomic mass is 9.91. The highest BCUT2D eigenvalue weighted by Gasteiger charge is 2.27. The van der Waals surface area contributed by atoms with Gasteiger partial charge in [-0.2, -0.15) is 5.10 Å². The molecule has 0 bridgehead atoms. The van der Waals surface area contributed by atoms with Gasteiger partial charge in [0.2, 0.25) is 5.91 Å². The third kappa shape index (κ3) is 5.25. The third-order valence-electron chi connectivity index (χ3n) is 6.25. The number of methoxy groups -OCH3 is 1. The summed E-state index contributed by atoms with van der Waals surface area (Å²) in [6.45, 7) is 4.20. The zero-order valence-electron chi connectivity index (χ0n) is 18.3. The van der Waals surface area contributed by atoms with E-state index in [1.807, 2.05) is 36.2 Å². The molecule has 1 aromatic heterocycles. The fraction of sp³-hybridized carbons (Fsp3) is 0.522. The van der Waals surface area contributed by atoms with Crippen LogP contribution in [0.1, 0.15) is 35.3 Å². The molecule has 3 heterocycles. The highest BCUT2D eigenvalue weighted by molar-refractivity contribution is 6.05. The number of nitrogens with one attached hydrogen (secondary N) is 1. The number of amides is 2. The molecule has 31 heavy (non-hydrogen) atoms. The fourth-order valence-corrected chi connectivity index (χ4v) is 4.23. The minimum atomic E-state index is -0.147. The minimum Gasteiger partial charge on any atom is -0.497 e. The number of carbonyl (C=O) groups excluding carboxylic acids is 2. The van der Waals surface area contributed by atoms with Gasteiger partial charge in [-0.1, -0.05) is 0 Å². The molecule has 2 aromatic rings. The Hall–Kier alpha value is -2.87. The van der Waals surface area contributed by atoms with Crippen molar-refractivity contribution in [3.8, 4) is 5.75 Å². The van der Waals surface area contributed by atoms with E-state index in [0.29, 0.717) is 18.0 Å². The molecule has 8 nitrogen and oxygen atoms in total. The number of ether oxygens (including phenoxy) is 1. The van der Waals surface area contributed by atoms with E-state index in [9.17, 15) is 9.59 Å².